The molecule has 0 atom stereocenters. The van der Waals surface area contributed by atoms with E-state index in [0.717, 1.165) is 30.5 Å². The smallest absolute Gasteiger partial charge is 0.124 e. The van der Waals surface area contributed by atoms with Gasteiger partial charge in [0, 0.05) is 30.1 Å². The third-order valence-corrected chi connectivity index (χ3v) is 2.30. The molecule has 3 nitrogen and oxygen atoms in total. The van der Waals surface area contributed by atoms with Crippen molar-refractivity contribution in [1.29, 1.82) is 0 Å². The molecule has 1 heterocycles. The Morgan fingerprint density at radius 2 is 2.13 bits per heavy atom. The van der Waals surface area contributed by atoms with Crippen LogP contribution in [0.2, 0.25) is 0 Å². The van der Waals surface area contributed by atoms with Gasteiger partial charge in [0.2, 0.25) is 0 Å². The van der Waals surface area contributed by atoms with Gasteiger partial charge in [0.05, 0.1) is 5.69 Å². The third-order valence-electron chi connectivity index (χ3n) is 2.30. The standard InChI is InChI=1S/C12H20N2O/c1-5-7-14-9-10(6-8-15)11(13-14)12(2,3)4/h8-9H,5-7H2,1-4H3. The highest BCUT2D eigenvalue weighted by Gasteiger charge is 2.21. The van der Waals surface area contributed by atoms with Gasteiger partial charge in [-0.1, -0.05) is 27.7 Å². The zero-order chi connectivity index (χ0) is 11.5. The van der Waals surface area contributed by atoms with Crippen LogP contribution in [-0.2, 0) is 23.2 Å². The van der Waals surface area contributed by atoms with E-state index < -0.39 is 0 Å². The average Bonchev–Trinajstić information content (AvgIpc) is 2.49. The van der Waals surface area contributed by atoms with Gasteiger partial charge in [-0.25, -0.2) is 0 Å². The maximum atomic E-state index is 10.6. The molecule has 0 aliphatic rings. The number of hydrogen-bond acceptors (Lipinski definition) is 2. The van der Waals surface area contributed by atoms with Crippen molar-refractivity contribution in [1.82, 2.24) is 9.78 Å². The van der Waals surface area contributed by atoms with Crippen LogP contribution in [0.5, 0.6) is 0 Å². The maximum Gasteiger partial charge on any atom is 0.124 e. The summed E-state index contributed by atoms with van der Waals surface area (Å²) in [4.78, 5) is 10.6. The summed E-state index contributed by atoms with van der Waals surface area (Å²) in [6.07, 6.45) is 4.48. The van der Waals surface area contributed by atoms with Gasteiger partial charge < -0.3 is 4.79 Å². The van der Waals surface area contributed by atoms with E-state index in [2.05, 4.69) is 32.8 Å². The van der Waals surface area contributed by atoms with E-state index in [1.54, 1.807) is 0 Å². The fourth-order valence-corrected chi connectivity index (χ4v) is 1.68. The molecule has 1 aromatic rings. The molecule has 0 unspecified atom stereocenters. The van der Waals surface area contributed by atoms with Gasteiger partial charge in [-0.15, -0.1) is 0 Å². The van der Waals surface area contributed by atoms with Crippen LogP contribution in [-0.4, -0.2) is 16.1 Å². The molecule has 0 N–H and O–H groups in total. The summed E-state index contributed by atoms with van der Waals surface area (Å²) in [5.74, 6) is 0. The lowest BCUT2D eigenvalue weighted by Crippen LogP contribution is -2.15. The number of aryl methyl sites for hydroxylation is 1. The number of aromatic nitrogens is 2. The molecule has 0 radical (unpaired) electrons. The Balaban J connectivity index is 3.05. The molecule has 0 aliphatic heterocycles. The van der Waals surface area contributed by atoms with Gasteiger partial charge in [0.15, 0.2) is 0 Å². The first kappa shape index (κ1) is 12.0. The average molecular weight is 208 g/mol. The summed E-state index contributed by atoms with van der Waals surface area (Å²) in [5, 5.41) is 4.55. The van der Waals surface area contributed by atoms with Crippen LogP contribution in [0.4, 0.5) is 0 Å². The molecule has 1 aromatic heterocycles. The molecular formula is C12H20N2O. The molecule has 0 saturated carbocycles. The topological polar surface area (TPSA) is 34.9 Å². The van der Waals surface area contributed by atoms with Crippen LogP contribution in [0, 0.1) is 0 Å². The predicted octanol–water partition coefficient (Wildman–Crippen LogP) is 2.33. The molecule has 0 bridgehead atoms. The van der Waals surface area contributed by atoms with Crippen molar-refractivity contribution in [2.75, 3.05) is 0 Å². The van der Waals surface area contributed by atoms with Crippen molar-refractivity contribution in [3.8, 4) is 0 Å². The summed E-state index contributed by atoms with van der Waals surface area (Å²) in [6, 6.07) is 0. The van der Waals surface area contributed by atoms with Gasteiger partial charge in [-0.2, -0.15) is 5.10 Å². The van der Waals surface area contributed by atoms with Crippen molar-refractivity contribution in [2.24, 2.45) is 0 Å². The lowest BCUT2D eigenvalue weighted by Gasteiger charge is -2.16. The Hall–Kier alpha value is -1.12. The van der Waals surface area contributed by atoms with E-state index in [4.69, 9.17) is 0 Å². The summed E-state index contributed by atoms with van der Waals surface area (Å²) < 4.78 is 1.94. The minimum atomic E-state index is 0.0112. The molecular weight excluding hydrogens is 188 g/mol. The largest absolute Gasteiger partial charge is 0.303 e. The van der Waals surface area contributed by atoms with E-state index in [1.165, 1.54) is 0 Å². The summed E-state index contributed by atoms with van der Waals surface area (Å²) >= 11 is 0. The molecule has 0 aromatic carbocycles. The molecule has 0 spiro atoms. The van der Waals surface area contributed by atoms with Gasteiger partial charge in [-0.05, 0) is 6.42 Å². The molecule has 0 aliphatic carbocycles. The van der Waals surface area contributed by atoms with Crippen LogP contribution in [0.15, 0.2) is 6.20 Å². The Bertz CT molecular complexity index is 334. The minimum absolute atomic E-state index is 0.0112. The third kappa shape index (κ3) is 2.91. The zero-order valence-electron chi connectivity index (χ0n) is 10.1. The number of nitrogens with zero attached hydrogens (tertiary/aromatic N) is 2. The van der Waals surface area contributed by atoms with Gasteiger partial charge in [-0.3, -0.25) is 4.68 Å². The van der Waals surface area contributed by atoms with Gasteiger partial charge in [0.1, 0.15) is 6.29 Å². The first-order valence-corrected chi connectivity index (χ1v) is 5.49. The highest BCUT2D eigenvalue weighted by Crippen LogP contribution is 2.24. The normalized spacial score (nSPS) is 11.7. The van der Waals surface area contributed by atoms with Crippen molar-refractivity contribution in [3.63, 3.8) is 0 Å². The SMILES string of the molecule is CCCn1cc(CC=O)c(C(C)(C)C)n1. The van der Waals surface area contributed by atoms with Gasteiger partial charge >= 0.3 is 0 Å². The molecule has 0 fully saturated rings. The molecule has 0 saturated heterocycles. The molecule has 0 amide bonds. The molecule has 3 heteroatoms. The monoisotopic (exact) mass is 208 g/mol. The number of carbonyl (C=O) groups is 1. The Morgan fingerprint density at radius 3 is 2.60 bits per heavy atom. The fourth-order valence-electron chi connectivity index (χ4n) is 1.68. The fraction of sp³-hybridized carbons (Fsp3) is 0.667. The summed E-state index contributed by atoms with van der Waals surface area (Å²) in [6.45, 7) is 9.42. The van der Waals surface area contributed by atoms with Crippen LogP contribution in [0.1, 0.15) is 45.4 Å². The van der Waals surface area contributed by atoms with Crippen LogP contribution < -0.4 is 0 Å². The quantitative estimate of drug-likeness (QED) is 0.712. The predicted molar refractivity (Wildman–Crippen MR) is 61.0 cm³/mol. The van der Waals surface area contributed by atoms with Crippen molar-refractivity contribution in [2.45, 2.75) is 52.5 Å². The summed E-state index contributed by atoms with van der Waals surface area (Å²) in [7, 11) is 0. The Kier molecular flexibility index (Phi) is 3.66. The number of rotatable bonds is 4. The Labute approximate surface area is 91.5 Å². The van der Waals surface area contributed by atoms with Crippen molar-refractivity contribution in [3.05, 3.63) is 17.5 Å². The highest BCUT2D eigenvalue weighted by molar-refractivity contribution is 5.55. The van der Waals surface area contributed by atoms with E-state index in [1.807, 2.05) is 10.9 Å². The van der Waals surface area contributed by atoms with Crippen molar-refractivity contribution < 1.29 is 4.79 Å². The lowest BCUT2D eigenvalue weighted by molar-refractivity contribution is -0.107. The number of carbonyl (C=O) groups excluding carboxylic acids is 1. The van der Waals surface area contributed by atoms with Crippen LogP contribution >= 0.6 is 0 Å². The van der Waals surface area contributed by atoms with Gasteiger partial charge in [0.25, 0.3) is 0 Å². The zero-order valence-corrected chi connectivity index (χ0v) is 10.1. The second-order valence-electron chi connectivity index (χ2n) is 4.89. The highest BCUT2D eigenvalue weighted by atomic mass is 16.1. The second kappa shape index (κ2) is 4.60. The van der Waals surface area contributed by atoms with E-state index >= 15 is 0 Å². The minimum Gasteiger partial charge on any atom is -0.303 e. The molecule has 15 heavy (non-hydrogen) atoms. The van der Waals surface area contributed by atoms with E-state index in [9.17, 15) is 4.79 Å². The maximum absolute atomic E-state index is 10.6. The molecule has 84 valence electrons. The number of aldehydes is 1. The van der Waals surface area contributed by atoms with E-state index in [0.29, 0.717) is 6.42 Å². The van der Waals surface area contributed by atoms with Crippen molar-refractivity contribution >= 4 is 6.29 Å². The molecule has 1 rings (SSSR count). The first-order chi connectivity index (χ1) is 6.99. The van der Waals surface area contributed by atoms with Crippen LogP contribution in [0.3, 0.4) is 0 Å². The second-order valence-corrected chi connectivity index (χ2v) is 4.89. The van der Waals surface area contributed by atoms with E-state index in [-0.39, 0.29) is 5.41 Å². The first-order valence-electron chi connectivity index (χ1n) is 5.49. The van der Waals surface area contributed by atoms with Crippen LogP contribution in [0.25, 0.3) is 0 Å². The number of hydrogen-bond donors (Lipinski definition) is 0. The lowest BCUT2D eigenvalue weighted by atomic mass is 9.89. The Morgan fingerprint density at radius 1 is 1.47 bits per heavy atom. The summed E-state index contributed by atoms with van der Waals surface area (Å²) in [5.41, 5.74) is 2.12.